The number of hydrogen-bond acceptors (Lipinski definition) is 4. The van der Waals surface area contributed by atoms with Crippen LogP contribution in [0.15, 0.2) is 29.2 Å². The summed E-state index contributed by atoms with van der Waals surface area (Å²) in [6.45, 7) is 0. The minimum atomic E-state index is -4.54. The molecule has 8 heteroatoms. The maximum absolute atomic E-state index is 13.3. The van der Waals surface area contributed by atoms with Gasteiger partial charge in [-0.1, -0.05) is 0 Å². The Balaban J connectivity index is 2.12. The SMILES string of the molecule is CS(=O)(=O)c1ccc(-c2nc3c(c(C(F)(F)F)n2)CCCC3)cc1. The number of sulfone groups is 1. The molecule has 0 unspecified atom stereocenters. The number of fused-ring (bicyclic) bond motifs is 1. The summed E-state index contributed by atoms with van der Waals surface area (Å²) in [6.07, 6.45) is -1.15. The van der Waals surface area contributed by atoms with Crippen LogP contribution in [0.5, 0.6) is 0 Å². The van der Waals surface area contributed by atoms with E-state index >= 15 is 0 Å². The number of halogens is 3. The second-order valence-corrected chi connectivity index (χ2v) is 7.84. The molecule has 0 radical (unpaired) electrons. The molecule has 1 aromatic heterocycles. The zero-order valence-corrected chi connectivity index (χ0v) is 13.7. The van der Waals surface area contributed by atoms with Crippen LogP contribution >= 0.6 is 0 Å². The predicted octanol–water partition coefficient (Wildman–Crippen LogP) is 3.44. The van der Waals surface area contributed by atoms with Crippen LogP contribution in [0.3, 0.4) is 0 Å². The number of aromatic nitrogens is 2. The van der Waals surface area contributed by atoms with Gasteiger partial charge in [-0.2, -0.15) is 13.2 Å². The van der Waals surface area contributed by atoms with Crippen molar-refractivity contribution in [1.82, 2.24) is 9.97 Å². The highest BCUT2D eigenvalue weighted by Crippen LogP contribution is 2.35. The summed E-state index contributed by atoms with van der Waals surface area (Å²) in [5, 5.41) is 0. The van der Waals surface area contributed by atoms with E-state index in [0.29, 0.717) is 30.5 Å². The number of rotatable bonds is 2. The molecule has 1 heterocycles. The van der Waals surface area contributed by atoms with Crippen molar-refractivity contribution in [2.24, 2.45) is 0 Å². The largest absolute Gasteiger partial charge is 0.433 e. The minimum Gasteiger partial charge on any atom is -0.233 e. The molecule has 4 nitrogen and oxygen atoms in total. The molecule has 1 aliphatic carbocycles. The first-order valence-corrected chi connectivity index (χ1v) is 9.33. The van der Waals surface area contributed by atoms with Crippen molar-refractivity contribution >= 4 is 9.84 Å². The van der Waals surface area contributed by atoms with Gasteiger partial charge in [0.05, 0.1) is 4.90 Å². The first-order valence-electron chi connectivity index (χ1n) is 7.44. The van der Waals surface area contributed by atoms with Gasteiger partial charge < -0.3 is 0 Å². The molecule has 24 heavy (non-hydrogen) atoms. The van der Waals surface area contributed by atoms with Gasteiger partial charge in [-0.05, 0) is 49.9 Å². The molecule has 0 spiro atoms. The summed E-state index contributed by atoms with van der Waals surface area (Å²) in [7, 11) is -3.37. The molecular formula is C16H15F3N2O2S. The summed E-state index contributed by atoms with van der Waals surface area (Å²) < 4.78 is 62.9. The van der Waals surface area contributed by atoms with Gasteiger partial charge in [0.15, 0.2) is 21.4 Å². The van der Waals surface area contributed by atoms with E-state index in [2.05, 4.69) is 9.97 Å². The Labute approximate surface area is 137 Å². The highest BCUT2D eigenvalue weighted by atomic mass is 32.2. The molecule has 0 atom stereocenters. The Morgan fingerprint density at radius 2 is 1.62 bits per heavy atom. The van der Waals surface area contributed by atoms with Crippen LogP contribution in [-0.4, -0.2) is 24.6 Å². The molecule has 0 saturated heterocycles. The standard InChI is InChI=1S/C16H15F3N2O2S/c1-24(22,23)11-8-6-10(7-9-11)15-20-13-5-3-2-4-12(13)14(21-15)16(17,18)19/h6-9H,2-5H2,1H3. The monoisotopic (exact) mass is 356 g/mol. The lowest BCUT2D eigenvalue weighted by molar-refractivity contribution is -0.142. The van der Waals surface area contributed by atoms with E-state index in [4.69, 9.17) is 0 Å². The van der Waals surface area contributed by atoms with Crippen LogP contribution in [0.4, 0.5) is 13.2 Å². The second kappa shape index (κ2) is 5.84. The quantitative estimate of drug-likeness (QED) is 0.827. The van der Waals surface area contributed by atoms with E-state index in [9.17, 15) is 21.6 Å². The van der Waals surface area contributed by atoms with Gasteiger partial charge in [0.2, 0.25) is 0 Å². The first-order chi connectivity index (χ1) is 11.2. The van der Waals surface area contributed by atoms with Crippen molar-refractivity contribution < 1.29 is 21.6 Å². The van der Waals surface area contributed by atoms with E-state index in [1.165, 1.54) is 24.3 Å². The second-order valence-electron chi connectivity index (χ2n) is 5.82. The summed E-state index contributed by atoms with van der Waals surface area (Å²) in [6, 6.07) is 5.56. The normalized spacial score (nSPS) is 15.2. The summed E-state index contributed by atoms with van der Waals surface area (Å²) in [4.78, 5) is 8.12. The summed E-state index contributed by atoms with van der Waals surface area (Å²) in [5.41, 5.74) is 0.103. The molecule has 1 aliphatic rings. The molecular weight excluding hydrogens is 341 g/mol. The highest BCUT2D eigenvalue weighted by Gasteiger charge is 2.38. The van der Waals surface area contributed by atoms with Crippen molar-refractivity contribution in [1.29, 1.82) is 0 Å². The van der Waals surface area contributed by atoms with Gasteiger partial charge in [-0.25, -0.2) is 18.4 Å². The third kappa shape index (κ3) is 3.28. The zero-order chi connectivity index (χ0) is 17.5. The van der Waals surface area contributed by atoms with Crippen LogP contribution < -0.4 is 0 Å². The molecule has 0 saturated carbocycles. The molecule has 0 fully saturated rings. The molecule has 0 N–H and O–H groups in total. The van der Waals surface area contributed by atoms with Gasteiger partial charge in [0.1, 0.15) is 0 Å². The van der Waals surface area contributed by atoms with Crippen molar-refractivity contribution in [3.63, 3.8) is 0 Å². The number of hydrogen-bond donors (Lipinski definition) is 0. The maximum atomic E-state index is 13.3. The van der Waals surface area contributed by atoms with Crippen molar-refractivity contribution in [2.75, 3.05) is 6.26 Å². The fourth-order valence-corrected chi connectivity index (χ4v) is 3.44. The molecule has 0 bridgehead atoms. The third-order valence-electron chi connectivity index (χ3n) is 3.99. The number of alkyl halides is 3. The molecule has 0 aliphatic heterocycles. The Hall–Kier alpha value is -1.96. The van der Waals surface area contributed by atoms with Crippen LogP contribution in [-0.2, 0) is 28.9 Å². The number of benzene rings is 1. The van der Waals surface area contributed by atoms with E-state index in [1.54, 1.807) is 0 Å². The lowest BCUT2D eigenvalue weighted by Crippen LogP contribution is -2.19. The molecule has 0 amide bonds. The fraction of sp³-hybridized carbons (Fsp3) is 0.375. The van der Waals surface area contributed by atoms with Crippen LogP contribution in [0, 0.1) is 0 Å². The topological polar surface area (TPSA) is 59.9 Å². The first kappa shape index (κ1) is 16.9. The number of aryl methyl sites for hydroxylation is 1. The minimum absolute atomic E-state index is 0.0250. The average molecular weight is 356 g/mol. The zero-order valence-electron chi connectivity index (χ0n) is 12.9. The Morgan fingerprint density at radius 1 is 1.00 bits per heavy atom. The summed E-state index contributed by atoms with van der Waals surface area (Å²) in [5.74, 6) is -0.0250. The molecule has 128 valence electrons. The Bertz CT molecular complexity index is 875. The van der Waals surface area contributed by atoms with Gasteiger partial charge in [0, 0.05) is 23.1 Å². The Kier molecular flexibility index (Phi) is 4.11. The fourth-order valence-electron chi connectivity index (χ4n) is 2.81. The lowest BCUT2D eigenvalue weighted by Gasteiger charge is -2.20. The van der Waals surface area contributed by atoms with Crippen LogP contribution in [0.2, 0.25) is 0 Å². The van der Waals surface area contributed by atoms with Crippen LogP contribution in [0.25, 0.3) is 11.4 Å². The van der Waals surface area contributed by atoms with E-state index in [0.717, 1.165) is 12.7 Å². The van der Waals surface area contributed by atoms with Crippen LogP contribution in [0.1, 0.15) is 29.8 Å². The van der Waals surface area contributed by atoms with Crippen molar-refractivity contribution in [2.45, 2.75) is 36.8 Å². The smallest absolute Gasteiger partial charge is 0.233 e. The lowest BCUT2D eigenvalue weighted by atomic mass is 9.94. The number of nitrogens with zero attached hydrogens (tertiary/aromatic N) is 2. The van der Waals surface area contributed by atoms with Gasteiger partial charge in [0.25, 0.3) is 0 Å². The third-order valence-corrected chi connectivity index (χ3v) is 5.12. The van der Waals surface area contributed by atoms with E-state index in [1.807, 2.05) is 0 Å². The molecule has 1 aromatic carbocycles. The van der Waals surface area contributed by atoms with Gasteiger partial charge >= 0.3 is 6.18 Å². The predicted molar refractivity (Wildman–Crippen MR) is 82.2 cm³/mol. The van der Waals surface area contributed by atoms with E-state index in [-0.39, 0.29) is 16.3 Å². The maximum Gasteiger partial charge on any atom is 0.433 e. The summed E-state index contributed by atoms with van der Waals surface area (Å²) >= 11 is 0. The van der Waals surface area contributed by atoms with E-state index < -0.39 is 21.7 Å². The van der Waals surface area contributed by atoms with Crippen molar-refractivity contribution in [3.05, 3.63) is 41.2 Å². The van der Waals surface area contributed by atoms with Gasteiger partial charge in [-0.15, -0.1) is 0 Å². The average Bonchev–Trinajstić information content (AvgIpc) is 2.52. The van der Waals surface area contributed by atoms with Gasteiger partial charge in [-0.3, -0.25) is 0 Å². The highest BCUT2D eigenvalue weighted by molar-refractivity contribution is 7.90. The molecule has 2 aromatic rings. The van der Waals surface area contributed by atoms with Crippen molar-refractivity contribution in [3.8, 4) is 11.4 Å². The Morgan fingerprint density at radius 3 is 2.21 bits per heavy atom. The molecule has 3 rings (SSSR count).